The first-order valence-corrected chi connectivity index (χ1v) is 6.10. The van der Waals surface area contributed by atoms with Gasteiger partial charge in [-0.05, 0) is 18.1 Å². The SMILES string of the molecule is C#CCC(CC)NCc1ccc(OC)c([N+](=O)[O-])c1. The summed E-state index contributed by atoms with van der Waals surface area (Å²) >= 11 is 0. The fourth-order valence-electron chi connectivity index (χ4n) is 1.75. The van der Waals surface area contributed by atoms with Gasteiger partial charge in [0.2, 0.25) is 0 Å². The van der Waals surface area contributed by atoms with Crippen molar-refractivity contribution in [3.05, 3.63) is 33.9 Å². The molecule has 1 aromatic carbocycles. The van der Waals surface area contributed by atoms with Gasteiger partial charge in [-0.25, -0.2) is 0 Å². The van der Waals surface area contributed by atoms with Gasteiger partial charge in [-0.1, -0.05) is 13.0 Å². The van der Waals surface area contributed by atoms with Crippen LogP contribution in [-0.4, -0.2) is 18.1 Å². The molecule has 19 heavy (non-hydrogen) atoms. The molecule has 0 aromatic heterocycles. The predicted molar refractivity (Wildman–Crippen MR) is 74.0 cm³/mol. The van der Waals surface area contributed by atoms with Crippen molar-refractivity contribution in [2.24, 2.45) is 0 Å². The molecule has 1 aromatic rings. The number of rotatable bonds is 7. The van der Waals surface area contributed by atoms with Gasteiger partial charge in [-0.3, -0.25) is 10.1 Å². The Labute approximate surface area is 113 Å². The topological polar surface area (TPSA) is 64.4 Å². The van der Waals surface area contributed by atoms with Crippen LogP contribution in [0.5, 0.6) is 5.75 Å². The van der Waals surface area contributed by atoms with Gasteiger partial charge >= 0.3 is 5.69 Å². The second kappa shape index (κ2) is 7.39. The molecule has 5 nitrogen and oxygen atoms in total. The molecule has 0 saturated heterocycles. The van der Waals surface area contributed by atoms with E-state index in [2.05, 4.69) is 11.2 Å². The van der Waals surface area contributed by atoms with Crippen molar-refractivity contribution in [1.29, 1.82) is 0 Å². The summed E-state index contributed by atoms with van der Waals surface area (Å²) in [4.78, 5) is 10.5. The van der Waals surface area contributed by atoms with Crippen LogP contribution >= 0.6 is 0 Å². The molecule has 0 saturated carbocycles. The van der Waals surface area contributed by atoms with Crippen LogP contribution in [-0.2, 0) is 6.54 Å². The van der Waals surface area contributed by atoms with E-state index < -0.39 is 4.92 Å². The fraction of sp³-hybridized carbons (Fsp3) is 0.429. The van der Waals surface area contributed by atoms with Crippen LogP contribution < -0.4 is 10.1 Å². The molecule has 102 valence electrons. The summed E-state index contributed by atoms with van der Waals surface area (Å²) in [6.45, 7) is 2.59. The number of terminal acetylenes is 1. The van der Waals surface area contributed by atoms with Crippen LogP contribution in [0.15, 0.2) is 18.2 Å². The Kier molecular flexibility index (Phi) is 5.83. The molecule has 0 fully saturated rings. The smallest absolute Gasteiger partial charge is 0.311 e. The van der Waals surface area contributed by atoms with Crippen molar-refractivity contribution in [3.8, 4) is 18.1 Å². The number of hydrogen-bond acceptors (Lipinski definition) is 4. The van der Waals surface area contributed by atoms with E-state index in [0.717, 1.165) is 12.0 Å². The highest BCUT2D eigenvalue weighted by molar-refractivity contribution is 5.48. The number of ether oxygens (including phenoxy) is 1. The third-order valence-electron chi connectivity index (χ3n) is 2.89. The highest BCUT2D eigenvalue weighted by atomic mass is 16.6. The largest absolute Gasteiger partial charge is 0.490 e. The number of benzene rings is 1. The Hall–Kier alpha value is -2.06. The van der Waals surface area contributed by atoms with Gasteiger partial charge < -0.3 is 10.1 Å². The molecule has 0 aliphatic rings. The minimum Gasteiger partial charge on any atom is -0.490 e. The van der Waals surface area contributed by atoms with Crippen molar-refractivity contribution in [2.45, 2.75) is 32.4 Å². The first-order valence-electron chi connectivity index (χ1n) is 6.10. The van der Waals surface area contributed by atoms with Crippen molar-refractivity contribution in [3.63, 3.8) is 0 Å². The summed E-state index contributed by atoms with van der Waals surface area (Å²) < 4.78 is 4.96. The van der Waals surface area contributed by atoms with Crippen LogP contribution in [0.3, 0.4) is 0 Å². The Morgan fingerprint density at radius 3 is 2.84 bits per heavy atom. The first-order chi connectivity index (χ1) is 9.12. The van der Waals surface area contributed by atoms with Gasteiger partial charge in [-0.15, -0.1) is 12.3 Å². The van der Waals surface area contributed by atoms with Gasteiger partial charge in [0, 0.05) is 25.1 Å². The van der Waals surface area contributed by atoms with Gasteiger partial charge in [-0.2, -0.15) is 0 Å². The molecular formula is C14H18N2O3. The minimum absolute atomic E-state index is 0.0215. The van der Waals surface area contributed by atoms with Gasteiger partial charge in [0.1, 0.15) is 0 Å². The molecule has 0 bridgehead atoms. The van der Waals surface area contributed by atoms with Crippen LogP contribution in [0, 0.1) is 22.5 Å². The summed E-state index contributed by atoms with van der Waals surface area (Å²) in [5.74, 6) is 2.88. The third kappa shape index (κ3) is 4.27. The number of nitro groups is 1. The molecule has 1 unspecified atom stereocenters. The van der Waals surface area contributed by atoms with E-state index in [-0.39, 0.29) is 17.5 Å². The number of nitrogens with zero attached hydrogens (tertiary/aromatic N) is 1. The molecule has 1 atom stereocenters. The Balaban J connectivity index is 2.77. The number of nitro benzene ring substituents is 1. The van der Waals surface area contributed by atoms with Crippen molar-refractivity contribution < 1.29 is 9.66 Å². The molecule has 0 aliphatic carbocycles. The van der Waals surface area contributed by atoms with Crippen LogP contribution in [0.25, 0.3) is 0 Å². The van der Waals surface area contributed by atoms with Gasteiger partial charge in [0.25, 0.3) is 0 Å². The second-order valence-corrected chi connectivity index (χ2v) is 4.16. The van der Waals surface area contributed by atoms with E-state index in [9.17, 15) is 10.1 Å². The average Bonchev–Trinajstić information content (AvgIpc) is 2.43. The molecule has 0 amide bonds. The second-order valence-electron chi connectivity index (χ2n) is 4.16. The maximum absolute atomic E-state index is 10.9. The van der Waals surface area contributed by atoms with Gasteiger partial charge in [0.05, 0.1) is 12.0 Å². The van der Waals surface area contributed by atoms with Gasteiger partial charge in [0.15, 0.2) is 5.75 Å². The standard InChI is InChI=1S/C14H18N2O3/c1-4-6-12(5-2)15-10-11-7-8-14(19-3)13(9-11)16(17)18/h1,7-9,12,15H,5-6,10H2,2-3H3. The molecule has 5 heteroatoms. The van der Waals surface area contributed by atoms with Crippen LogP contribution in [0.2, 0.25) is 0 Å². The zero-order chi connectivity index (χ0) is 14.3. The highest BCUT2D eigenvalue weighted by Gasteiger charge is 2.15. The fourth-order valence-corrected chi connectivity index (χ4v) is 1.75. The maximum atomic E-state index is 10.9. The van der Waals surface area contributed by atoms with Crippen molar-refractivity contribution >= 4 is 5.69 Å². The molecule has 0 spiro atoms. The Morgan fingerprint density at radius 2 is 2.32 bits per heavy atom. The lowest BCUT2D eigenvalue weighted by Crippen LogP contribution is -2.27. The minimum atomic E-state index is -0.443. The lowest BCUT2D eigenvalue weighted by molar-refractivity contribution is -0.385. The van der Waals surface area contributed by atoms with Crippen molar-refractivity contribution in [1.82, 2.24) is 5.32 Å². The maximum Gasteiger partial charge on any atom is 0.311 e. The molecule has 1 N–H and O–H groups in total. The molecule has 0 aliphatic heterocycles. The summed E-state index contributed by atoms with van der Waals surface area (Å²) in [7, 11) is 1.42. The van der Waals surface area contributed by atoms with Crippen molar-refractivity contribution in [2.75, 3.05) is 7.11 Å². The van der Waals surface area contributed by atoms with E-state index in [1.54, 1.807) is 12.1 Å². The van der Waals surface area contributed by atoms with E-state index >= 15 is 0 Å². The zero-order valence-electron chi connectivity index (χ0n) is 11.2. The van der Waals surface area contributed by atoms with E-state index in [1.807, 2.05) is 6.92 Å². The van der Waals surface area contributed by atoms with E-state index in [0.29, 0.717) is 13.0 Å². The summed E-state index contributed by atoms with van der Waals surface area (Å²) in [6, 6.07) is 5.17. The first kappa shape index (κ1) is 15.0. The normalized spacial score (nSPS) is 11.6. The average molecular weight is 262 g/mol. The summed E-state index contributed by atoms with van der Waals surface area (Å²) in [6.07, 6.45) is 6.85. The quantitative estimate of drug-likeness (QED) is 0.466. The highest BCUT2D eigenvalue weighted by Crippen LogP contribution is 2.27. The summed E-state index contributed by atoms with van der Waals surface area (Å²) in [5, 5.41) is 14.2. The molecule has 0 radical (unpaired) electrons. The monoisotopic (exact) mass is 262 g/mol. The number of nitrogens with one attached hydrogen (secondary N) is 1. The Morgan fingerprint density at radius 1 is 1.58 bits per heavy atom. The zero-order valence-corrected chi connectivity index (χ0v) is 11.2. The molecular weight excluding hydrogens is 244 g/mol. The lowest BCUT2D eigenvalue weighted by Gasteiger charge is -2.14. The molecule has 0 heterocycles. The van der Waals surface area contributed by atoms with E-state index in [1.165, 1.54) is 13.2 Å². The number of hydrogen-bond donors (Lipinski definition) is 1. The lowest BCUT2D eigenvalue weighted by atomic mass is 10.1. The Bertz CT molecular complexity index is 480. The molecule has 1 rings (SSSR count). The number of methoxy groups -OCH3 is 1. The van der Waals surface area contributed by atoms with Crippen LogP contribution in [0.4, 0.5) is 5.69 Å². The van der Waals surface area contributed by atoms with E-state index in [4.69, 9.17) is 11.2 Å². The predicted octanol–water partition coefficient (Wildman–Crippen LogP) is 2.49. The third-order valence-corrected chi connectivity index (χ3v) is 2.89. The summed E-state index contributed by atoms with van der Waals surface area (Å²) in [5.41, 5.74) is 0.815. The van der Waals surface area contributed by atoms with Crippen LogP contribution in [0.1, 0.15) is 25.3 Å².